The van der Waals surface area contributed by atoms with Crippen LogP contribution in [0, 0.1) is 0 Å². The van der Waals surface area contributed by atoms with Crippen molar-refractivity contribution in [2.75, 3.05) is 33.2 Å². The van der Waals surface area contributed by atoms with Crippen LogP contribution in [0.25, 0.3) is 0 Å². The summed E-state index contributed by atoms with van der Waals surface area (Å²) in [6.07, 6.45) is 2.59. The summed E-state index contributed by atoms with van der Waals surface area (Å²) >= 11 is 0. The van der Waals surface area contributed by atoms with Gasteiger partial charge in [0.15, 0.2) is 5.96 Å². The summed E-state index contributed by atoms with van der Waals surface area (Å²) in [5.41, 5.74) is 1.13. The zero-order chi connectivity index (χ0) is 21.1. The van der Waals surface area contributed by atoms with Crippen LogP contribution in [0.1, 0.15) is 32.2 Å². The smallest absolute Gasteiger partial charge is 0.242 e. The highest BCUT2D eigenvalue weighted by Crippen LogP contribution is 2.02. The molecule has 30 heavy (non-hydrogen) atoms. The van der Waals surface area contributed by atoms with E-state index in [0.29, 0.717) is 32.1 Å². The molecule has 0 atom stereocenters. The van der Waals surface area contributed by atoms with Crippen LogP contribution in [0.5, 0.6) is 0 Å². The van der Waals surface area contributed by atoms with Crippen molar-refractivity contribution >= 4 is 35.8 Å². The summed E-state index contributed by atoms with van der Waals surface area (Å²) < 4.78 is 2.03. The van der Waals surface area contributed by atoms with Crippen LogP contribution in [0.3, 0.4) is 0 Å². The Morgan fingerprint density at radius 1 is 1.17 bits per heavy atom. The molecule has 0 aliphatic rings. The van der Waals surface area contributed by atoms with Crippen molar-refractivity contribution in [3.8, 4) is 0 Å². The molecule has 0 saturated heterocycles. The lowest BCUT2D eigenvalue weighted by Crippen LogP contribution is -2.46. The monoisotopic (exact) mass is 527 g/mol. The Balaban J connectivity index is 0.00000450. The Labute approximate surface area is 196 Å². The molecule has 2 aromatic rings. The van der Waals surface area contributed by atoms with Gasteiger partial charge in [-0.05, 0) is 19.4 Å². The normalized spacial score (nSPS) is 11.0. The number of halogens is 1. The number of carbonyl (C=O) groups is 1. The van der Waals surface area contributed by atoms with Gasteiger partial charge in [0.05, 0.1) is 13.1 Å². The van der Waals surface area contributed by atoms with Crippen molar-refractivity contribution in [1.82, 2.24) is 29.9 Å². The first-order valence-electron chi connectivity index (χ1n) is 10.3. The molecule has 0 unspecified atom stereocenters. The fourth-order valence-corrected chi connectivity index (χ4v) is 3.04. The van der Waals surface area contributed by atoms with Crippen molar-refractivity contribution < 1.29 is 4.79 Å². The second-order valence-corrected chi connectivity index (χ2v) is 6.77. The number of benzene rings is 1. The van der Waals surface area contributed by atoms with Gasteiger partial charge in [-0.25, -0.2) is 4.99 Å². The van der Waals surface area contributed by atoms with Gasteiger partial charge in [-0.15, -0.1) is 34.2 Å². The van der Waals surface area contributed by atoms with Gasteiger partial charge in [-0.2, -0.15) is 0 Å². The molecule has 166 valence electrons. The molecule has 0 bridgehead atoms. The molecule has 1 N–H and O–H groups in total. The molecule has 2 rings (SSSR count). The van der Waals surface area contributed by atoms with Crippen molar-refractivity contribution in [3.63, 3.8) is 0 Å². The highest BCUT2D eigenvalue weighted by atomic mass is 127. The van der Waals surface area contributed by atoms with Gasteiger partial charge in [-0.3, -0.25) is 4.79 Å². The van der Waals surface area contributed by atoms with E-state index >= 15 is 0 Å². The number of aliphatic imine (C=N–C) groups is 1. The third-order valence-corrected chi connectivity index (χ3v) is 4.75. The number of rotatable bonds is 10. The standard InChI is InChI=1S/C21H33N7O.HI/c1-5-19-25-24-17-28(19)14-13-22-21(23-15-18-11-9-8-10-12-18)26(4)16-20(29)27(6-2)7-3;/h8-12,17H,5-7,13-16H2,1-4H3,(H,22,23);1H. The van der Waals surface area contributed by atoms with E-state index in [1.165, 1.54) is 0 Å². The van der Waals surface area contributed by atoms with Gasteiger partial charge in [0.25, 0.3) is 0 Å². The van der Waals surface area contributed by atoms with Crippen LogP contribution in [0.15, 0.2) is 41.7 Å². The fraction of sp³-hybridized carbons (Fsp3) is 0.524. The zero-order valence-corrected chi connectivity index (χ0v) is 20.7. The molecule has 1 aromatic heterocycles. The van der Waals surface area contributed by atoms with E-state index in [1.807, 2.05) is 65.6 Å². The van der Waals surface area contributed by atoms with E-state index in [1.54, 1.807) is 6.33 Å². The highest BCUT2D eigenvalue weighted by molar-refractivity contribution is 14.0. The zero-order valence-electron chi connectivity index (χ0n) is 18.4. The van der Waals surface area contributed by atoms with Crippen LogP contribution < -0.4 is 5.32 Å². The number of guanidine groups is 1. The first kappa shape index (κ1) is 25.9. The molecular weight excluding hydrogens is 493 g/mol. The third kappa shape index (κ3) is 7.92. The topological polar surface area (TPSA) is 78.6 Å². The number of aromatic nitrogens is 3. The number of hydrogen-bond acceptors (Lipinski definition) is 4. The average molecular weight is 527 g/mol. The number of aryl methyl sites for hydroxylation is 1. The molecule has 8 nitrogen and oxygen atoms in total. The minimum atomic E-state index is 0. The van der Waals surface area contributed by atoms with Crippen molar-refractivity contribution in [3.05, 3.63) is 48.0 Å². The predicted octanol–water partition coefficient (Wildman–Crippen LogP) is 2.40. The molecule has 0 radical (unpaired) electrons. The Morgan fingerprint density at radius 2 is 1.87 bits per heavy atom. The lowest BCUT2D eigenvalue weighted by molar-refractivity contribution is -0.131. The summed E-state index contributed by atoms with van der Waals surface area (Å²) in [6, 6.07) is 10.1. The maximum Gasteiger partial charge on any atom is 0.242 e. The number of amides is 1. The van der Waals surface area contributed by atoms with Gasteiger partial charge >= 0.3 is 0 Å². The summed E-state index contributed by atoms with van der Waals surface area (Å²) in [4.78, 5) is 21.0. The Hall–Kier alpha value is -2.17. The van der Waals surface area contributed by atoms with Crippen molar-refractivity contribution in [2.24, 2.45) is 4.99 Å². The molecule has 1 amide bonds. The molecule has 0 aliphatic heterocycles. The van der Waals surface area contributed by atoms with Gasteiger partial charge in [0.2, 0.25) is 5.91 Å². The fourth-order valence-electron chi connectivity index (χ4n) is 3.04. The molecule has 1 heterocycles. The molecule has 1 aromatic carbocycles. The second kappa shape index (κ2) is 13.9. The Morgan fingerprint density at radius 3 is 2.50 bits per heavy atom. The average Bonchev–Trinajstić information content (AvgIpc) is 3.19. The van der Waals surface area contributed by atoms with Crippen LogP contribution in [0.2, 0.25) is 0 Å². The molecule has 0 aliphatic carbocycles. The van der Waals surface area contributed by atoms with Crippen molar-refractivity contribution in [1.29, 1.82) is 0 Å². The first-order valence-corrected chi connectivity index (χ1v) is 10.3. The maximum atomic E-state index is 12.5. The summed E-state index contributed by atoms with van der Waals surface area (Å²) in [5, 5.41) is 11.5. The van der Waals surface area contributed by atoms with Gasteiger partial charge in [-0.1, -0.05) is 37.3 Å². The summed E-state index contributed by atoms with van der Waals surface area (Å²) in [6.45, 7) is 9.72. The van der Waals surface area contributed by atoms with E-state index in [2.05, 4.69) is 22.4 Å². The highest BCUT2D eigenvalue weighted by Gasteiger charge is 2.15. The molecule has 0 spiro atoms. The lowest BCUT2D eigenvalue weighted by Gasteiger charge is -2.26. The molecule has 0 saturated carbocycles. The summed E-state index contributed by atoms with van der Waals surface area (Å²) in [7, 11) is 1.90. The number of carbonyl (C=O) groups excluding carboxylic acids is 1. The van der Waals surface area contributed by atoms with Crippen LogP contribution in [-0.4, -0.2) is 69.7 Å². The number of likely N-dealkylation sites (N-methyl/N-ethyl adjacent to an activating group) is 2. The number of nitrogens with zero attached hydrogens (tertiary/aromatic N) is 6. The van der Waals surface area contributed by atoms with E-state index in [9.17, 15) is 4.79 Å². The third-order valence-electron chi connectivity index (χ3n) is 4.75. The van der Waals surface area contributed by atoms with Crippen LogP contribution in [-0.2, 0) is 24.3 Å². The van der Waals surface area contributed by atoms with E-state index in [-0.39, 0.29) is 36.4 Å². The van der Waals surface area contributed by atoms with E-state index < -0.39 is 0 Å². The lowest BCUT2D eigenvalue weighted by atomic mass is 10.2. The van der Waals surface area contributed by atoms with E-state index in [0.717, 1.165) is 24.4 Å². The van der Waals surface area contributed by atoms with Gasteiger partial charge in [0, 0.05) is 39.6 Å². The first-order chi connectivity index (χ1) is 14.1. The minimum Gasteiger partial charge on any atom is -0.354 e. The van der Waals surface area contributed by atoms with E-state index in [4.69, 9.17) is 4.99 Å². The van der Waals surface area contributed by atoms with Gasteiger partial charge < -0.3 is 19.7 Å². The van der Waals surface area contributed by atoms with Crippen LogP contribution in [0.4, 0.5) is 0 Å². The molecule has 9 heteroatoms. The second-order valence-electron chi connectivity index (χ2n) is 6.77. The quantitative estimate of drug-likeness (QED) is 0.292. The van der Waals surface area contributed by atoms with Crippen molar-refractivity contribution in [2.45, 2.75) is 40.3 Å². The van der Waals surface area contributed by atoms with Gasteiger partial charge in [0.1, 0.15) is 12.2 Å². The number of hydrogen-bond donors (Lipinski definition) is 1. The maximum absolute atomic E-state index is 12.5. The largest absolute Gasteiger partial charge is 0.354 e. The Bertz CT molecular complexity index is 775. The predicted molar refractivity (Wildman–Crippen MR) is 131 cm³/mol. The summed E-state index contributed by atoms with van der Waals surface area (Å²) in [5.74, 6) is 1.76. The molecular formula is C21H34IN7O. The Kier molecular flexibility index (Phi) is 12.0. The van der Waals surface area contributed by atoms with Crippen LogP contribution >= 0.6 is 24.0 Å². The molecule has 0 fully saturated rings. The SMILES string of the molecule is CCc1nncn1CCNC(=NCc1ccccc1)N(C)CC(=O)N(CC)CC.I. The number of nitrogens with one attached hydrogen (secondary N) is 1. The minimum absolute atomic E-state index is 0.